The van der Waals surface area contributed by atoms with E-state index < -0.39 is 0 Å². The number of benzene rings is 3. The molecule has 4 nitrogen and oxygen atoms in total. The van der Waals surface area contributed by atoms with E-state index in [1.165, 1.54) is 40.6 Å². The molecule has 0 unspecified atom stereocenters. The van der Waals surface area contributed by atoms with Crippen molar-refractivity contribution in [3.63, 3.8) is 0 Å². The van der Waals surface area contributed by atoms with E-state index in [1.54, 1.807) is 16.7 Å². The van der Waals surface area contributed by atoms with E-state index in [9.17, 15) is 4.79 Å². The van der Waals surface area contributed by atoms with Crippen LogP contribution in [0.25, 0.3) is 10.8 Å². The largest absolute Gasteiger partial charge is 0.335 e. The van der Waals surface area contributed by atoms with Gasteiger partial charge in [0.1, 0.15) is 5.70 Å². The van der Waals surface area contributed by atoms with Crippen LogP contribution in [0.3, 0.4) is 0 Å². The third-order valence-corrected chi connectivity index (χ3v) is 8.46. The lowest BCUT2D eigenvalue weighted by Crippen LogP contribution is -2.33. The van der Waals surface area contributed by atoms with Crippen molar-refractivity contribution >= 4 is 57.1 Å². The Hall–Kier alpha value is -3.09. The number of hydrogen-bond donors (Lipinski definition) is 0. The van der Waals surface area contributed by atoms with Crippen molar-refractivity contribution in [3.8, 4) is 0 Å². The van der Waals surface area contributed by atoms with E-state index in [0.29, 0.717) is 17.4 Å². The van der Waals surface area contributed by atoms with Crippen LogP contribution < -0.4 is 9.80 Å². The summed E-state index contributed by atoms with van der Waals surface area (Å²) in [5, 5.41) is 4.17. The SMILES string of the molecule is CCCCCCCN1C(=O)/C(=C\C=C2\Sc3ccc4ccccc4c3N2CC)N(c2ccccc2)C1=S. The minimum atomic E-state index is -0.0183. The van der Waals surface area contributed by atoms with Crippen molar-refractivity contribution in [2.24, 2.45) is 0 Å². The van der Waals surface area contributed by atoms with Gasteiger partial charge in [-0.05, 0) is 61.3 Å². The van der Waals surface area contributed by atoms with E-state index >= 15 is 0 Å². The first kappa shape index (κ1) is 25.6. The minimum absolute atomic E-state index is 0.0183. The first-order chi connectivity index (χ1) is 18.1. The number of anilines is 2. The molecule has 6 heteroatoms. The third kappa shape index (κ3) is 5.05. The number of para-hydroxylation sites is 1. The number of fused-ring (bicyclic) bond motifs is 3. The fourth-order valence-corrected chi connectivity index (χ4v) is 6.57. The Balaban J connectivity index is 1.47. The number of unbranched alkanes of at least 4 members (excludes halogenated alkanes) is 4. The first-order valence-corrected chi connectivity index (χ1v) is 14.5. The lowest BCUT2D eigenvalue weighted by molar-refractivity contribution is -0.122. The zero-order chi connectivity index (χ0) is 25.8. The van der Waals surface area contributed by atoms with Crippen LogP contribution in [0.5, 0.6) is 0 Å². The highest BCUT2D eigenvalue weighted by molar-refractivity contribution is 8.03. The predicted molar refractivity (Wildman–Crippen MR) is 161 cm³/mol. The summed E-state index contributed by atoms with van der Waals surface area (Å²) in [5.74, 6) is -0.0183. The number of thioether (sulfide) groups is 1. The van der Waals surface area contributed by atoms with Gasteiger partial charge in [-0.15, -0.1) is 0 Å². The molecule has 0 saturated carbocycles. The molecule has 2 heterocycles. The zero-order valence-electron chi connectivity index (χ0n) is 21.5. The van der Waals surface area contributed by atoms with Crippen molar-refractivity contribution in [2.45, 2.75) is 50.8 Å². The Labute approximate surface area is 229 Å². The molecule has 0 bridgehead atoms. The van der Waals surface area contributed by atoms with Crippen molar-refractivity contribution in [1.82, 2.24) is 4.90 Å². The monoisotopic (exact) mass is 527 g/mol. The molecule has 3 aromatic carbocycles. The van der Waals surface area contributed by atoms with Gasteiger partial charge < -0.3 is 4.90 Å². The molecule has 1 saturated heterocycles. The highest BCUT2D eigenvalue weighted by Crippen LogP contribution is 2.49. The van der Waals surface area contributed by atoms with Gasteiger partial charge in [0.15, 0.2) is 5.11 Å². The van der Waals surface area contributed by atoms with Crippen LogP contribution in [-0.2, 0) is 4.79 Å². The van der Waals surface area contributed by atoms with E-state index in [1.807, 2.05) is 41.3 Å². The van der Waals surface area contributed by atoms with E-state index in [2.05, 4.69) is 61.2 Å². The van der Waals surface area contributed by atoms with Crippen LogP contribution in [0.2, 0.25) is 0 Å². The quantitative estimate of drug-likeness (QED) is 0.159. The fraction of sp³-hybridized carbons (Fsp3) is 0.290. The predicted octanol–water partition coefficient (Wildman–Crippen LogP) is 8.10. The topological polar surface area (TPSA) is 26.8 Å². The lowest BCUT2D eigenvalue weighted by atomic mass is 10.1. The third-order valence-electron chi connectivity index (χ3n) is 6.94. The van der Waals surface area contributed by atoms with Crippen LogP contribution in [-0.4, -0.2) is 29.0 Å². The van der Waals surface area contributed by atoms with Crippen LogP contribution in [0.15, 0.2) is 94.5 Å². The summed E-state index contributed by atoms with van der Waals surface area (Å²) in [6.07, 6.45) is 9.75. The number of amides is 1. The maximum absolute atomic E-state index is 13.6. The fourth-order valence-electron chi connectivity index (χ4n) is 5.05. The van der Waals surface area contributed by atoms with Gasteiger partial charge in [0.2, 0.25) is 0 Å². The Morgan fingerprint density at radius 2 is 1.59 bits per heavy atom. The number of nitrogens with zero attached hydrogens (tertiary/aromatic N) is 3. The molecule has 1 amide bonds. The number of thiocarbonyl (C=S) groups is 1. The average Bonchev–Trinajstić information content (AvgIpc) is 3.41. The van der Waals surface area contributed by atoms with Gasteiger partial charge in [0.05, 0.1) is 10.7 Å². The molecule has 0 aliphatic carbocycles. The number of carbonyl (C=O) groups excluding carboxylic acids is 1. The molecule has 0 N–H and O–H groups in total. The van der Waals surface area contributed by atoms with E-state index in [4.69, 9.17) is 12.2 Å². The number of allylic oxidation sites excluding steroid dienone is 2. The van der Waals surface area contributed by atoms with Crippen LogP contribution in [0.1, 0.15) is 46.0 Å². The number of hydrogen-bond acceptors (Lipinski definition) is 4. The van der Waals surface area contributed by atoms with E-state index in [-0.39, 0.29) is 5.91 Å². The summed E-state index contributed by atoms with van der Waals surface area (Å²) in [4.78, 5) is 20.9. The van der Waals surface area contributed by atoms with Crippen molar-refractivity contribution in [1.29, 1.82) is 0 Å². The maximum Gasteiger partial charge on any atom is 0.277 e. The molecule has 3 aromatic rings. The van der Waals surface area contributed by atoms with Gasteiger partial charge in [-0.1, -0.05) is 92.9 Å². The Morgan fingerprint density at radius 3 is 2.38 bits per heavy atom. The van der Waals surface area contributed by atoms with Crippen molar-refractivity contribution in [3.05, 3.63) is 89.6 Å². The second-order valence-corrected chi connectivity index (χ2v) is 10.8. The van der Waals surface area contributed by atoms with Crippen molar-refractivity contribution in [2.75, 3.05) is 22.9 Å². The second kappa shape index (κ2) is 11.5. The van der Waals surface area contributed by atoms with Gasteiger partial charge in [0.25, 0.3) is 5.91 Å². The number of rotatable bonds is 9. The molecule has 0 spiro atoms. The van der Waals surface area contributed by atoms with E-state index in [0.717, 1.165) is 30.1 Å². The Kier molecular flexibility index (Phi) is 7.96. The summed E-state index contributed by atoms with van der Waals surface area (Å²) in [6.45, 7) is 5.89. The Morgan fingerprint density at radius 1 is 0.838 bits per heavy atom. The maximum atomic E-state index is 13.6. The standard InChI is InChI=1S/C31H33N3OS2/c1-3-5-6-7-13-22-33-30(35)26(34(31(33)36)24-15-9-8-10-16-24)19-21-28-32(4-2)29-25-17-12-11-14-23(25)18-20-27(29)37-28/h8-12,14-21H,3-7,13,22H2,1-2H3/b26-19+,28-21+. The van der Waals surface area contributed by atoms with Gasteiger partial charge in [0, 0.05) is 29.1 Å². The molecular formula is C31H33N3OS2. The molecule has 0 radical (unpaired) electrons. The molecule has 0 atom stereocenters. The Bertz CT molecular complexity index is 1370. The lowest BCUT2D eigenvalue weighted by Gasteiger charge is -2.21. The molecule has 1 fully saturated rings. The van der Waals surface area contributed by atoms with Crippen molar-refractivity contribution < 1.29 is 4.79 Å². The highest BCUT2D eigenvalue weighted by atomic mass is 32.2. The van der Waals surface area contributed by atoms with Gasteiger partial charge in [-0.3, -0.25) is 14.6 Å². The molecule has 2 aliphatic rings. The first-order valence-electron chi connectivity index (χ1n) is 13.2. The molecule has 2 aliphatic heterocycles. The summed E-state index contributed by atoms with van der Waals surface area (Å²) in [6, 6.07) is 22.9. The van der Waals surface area contributed by atoms with Crippen LogP contribution >= 0.6 is 24.0 Å². The smallest absolute Gasteiger partial charge is 0.277 e. The van der Waals surface area contributed by atoms with Gasteiger partial charge in [-0.2, -0.15) is 0 Å². The summed E-state index contributed by atoms with van der Waals surface area (Å²) in [5.41, 5.74) is 2.77. The summed E-state index contributed by atoms with van der Waals surface area (Å²) < 4.78 is 0. The minimum Gasteiger partial charge on any atom is -0.335 e. The molecular weight excluding hydrogens is 494 g/mol. The van der Waals surface area contributed by atoms with Crippen LogP contribution in [0.4, 0.5) is 11.4 Å². The zero-order valence-corrected chi connectivity index (χ0v) is 23.2. The molecule has 5 rings (SSSR count). The van der Waals surface area contributed by atoms with Crippen LogP contribution in [0, 0.1) is 0 Å². The molecule has 37 heavy (non-hydrogen) atoms. The van der Waals surface area contributed by atoms with Gasteiger partial charge >= 0.3 is 0 Å². The highest BCUT2D eigenvalue weighted by Gasteiger charge is 2.38. The average molecular weight is 528 g/mol. The second-order valence-electron chi connectivity index (χ2n) is 9.36. The molecule has 190 valence electrons. The molecule has 0 aromatic heterocycles. The summed E-state index contributed by atoms with van der Waals surface area (Å²) >= 11 is 7.61. The van der Waals surface area contributed by atoms with Gasteiger partial charge in [-0.25, -0.2) is 0 Å². The number of carbonyl (C=O) groups is 1. The normalized spacial score (nSPS) is 17.6. The summed E-state index contributed by atoms with van der Waals surface area (Å²) in [7, 11) is 0.